The van der Waals surface area contributed by atoms with Gasteiger partial charge in [-0.15, -0.1) is 0 Å². The second kappa shape index (κ2) is 7.96. The zero-order valence-corrected chi connectivity index (χ0v) is 13.7. The summed E-state index contributed by atoms with van der Waals surface area (Å²) in [6.45, 7) is 1.41. The van der Waals surface area contributed by atoms with Crippen LogP contribution >= 0.6 is 0 Å². The molecule has 0 bridgehead atoms. The predicted octanol–water partition coefficient (Wildman–Crippen LogP) is 3.00. The van der Waals surface area contributed by atoms with Crippen molar-refractivity contribution >= 4 is 23.8 Å². The average Bonchev–Trinajstić information content (AvgIpc) is 2.60. The van der Waals surface area contributed by atoms with Gasteiger partial charge >= 0.3 is 11.9 Å². The summed E-state index contributed by atoms with van der Waals surface area (Å²) < 4.78 is 10.7. The number of methoxy groups -OCH3 is 1. The third-order valence-electron chi connectivity index (χ3n) is 3.32. The minimum absolute atomic E-state index is 0.122. The van der Waals surface area contributed by atoms with Gasteiger partial charge in [0.25, 0.3) is 0 Å². The van der Waals surface area contributed by atoms with Crippen molar-refractivity contribution in [3.05, 3.63) is 53.6 Å². The van der Waals surface area contributed by atoms with Crippen LogP contribution in [0, 0.1) is 0 Å². The Kier molecular flexibility index (Phi) is 5.73. The Morgan fingerprint density at radius 2 is 1.88 bits per heavy atom. The molecule has 0 aromatic heterocycles. The van der Waals surface area contributed by atoms with E-state index in [0.717, 1.165) is 0 Å². The summed E-state index contributed by atoms with van der Waals surface area (Å²) >= 11 is 0. The zero-order valence-electron chi connectivity index (χ0n) is 13.7. The fourth-order valence-electron chi connectivity index (χ4n) is 2.01. The molecule has 0 radical (unpaired) electrons. The van der Waals surface area contributed by atoms with Crippen molar-refractivity contribution in [2.45, 2.75) is 13.0 Å². The Hall–Kier alpha value is -3.35. The topological polar surface area (TPSA) is 105 Å². The quantitative estimate of drug-likeness (QED) is 0.749. The minimum atomic E-state index is -1.11. The molecule has 0 spiro atoms. The molecule has 7 nitrogen and oxygen atoms in total. The number of hydrogen-bond acceptors (Lipinski definition) is 5. The predicted molar refractivity (Wildman–Crippen MR) is 91.4 cm³/mol. The standard InChI is InChI=1S/C18H17NO6/c1-11(17(20)21)25-16-13(6-4-8-15(16)24-2)10-19-14-7-3-5-12(9-14)18(22)23/h3-11H,1-2H3,(H,20,21)(H,22,23)/t11-/m0/s1. The number of para-hydroxylation sites is 1. The molecule has 0 fully saturated rings. The van der Waals surface area contributed by atoms with Gasteiger partial charge in [0.1, 0.15) is 0 Å². The van der Waals surface area contributed by atoms with Gasteiger partial charge in [-0.05, 0) is 37.3 Å². The highest BCUT2D eigenvalue weighted by Gasteiger charge is 2.17. The van der Waals surface area contributed by atoms with Crippen LogP contribution in [0.3, 0.4) is 0 Å². The van der Waals surface area contributed by atoms with Crippen LogP contribution in [0.4, 0.5) is 5.69 Å². The maximum absolute atomic E-state index is 11.0. The van der Waals surface area contributed by atoms with Crippen molar-refractivity contribution in [2.24, 2.45) is 4.99 Å². The molecule has 0 unspecified atom stereocenters. The normalized spacial score (nSPS) is 11.9. The molecular weight excluding hydrogens is 326 g/mol. The summed E-state index contributed by atoms with van der Waals surface area (Å²) in [5.74, 6) is -1.53. The molecular formula is C18H17NO6. The Morgan fingerprint density at radius 3 is 2.52 bits per heavy atom. The number of rotatable bonds is 7. The zero-order chi connectivity index (χ0) is 18.4. The Morgan fingerprint density at radius 1 is 1.16 bits per heavy atom. The molecule has 0 amide bonds. The molecule has 0 aliphatic rings. The second-order valence-electron chi connectivity index (χ2n) is 5.09. The molecule has 0 aliphatic heterocycles. The average molecular weight is 343 g/mol. The number of aromatic carboxylic acids is 1. The number of carbonyl (C=O) groups is 2. The van der Waals surface area contributed by atoms with E-state index in [1.165, 1.54) is 32.4 Å². The smallest absolute Gasteiger partial charge is 0.344 e. The van der Waals surface area contributed by atoms with Crippen LogP contribution in [-0.2, 0) is 4.79 Å². The molecule has 2 rings (SSSR count). The van der Waals surface area contributed by atoms with E-state index in [9.17, 15) is 9.59 Å². The summed E-state index contributed by atoms with van der Waals surface area (Å²) in [5.41, 5.74) is 1.07. The van der Waals surface area contributed by atoms with E-state index in [-0.39, 0.29) is 11.3 Å². The third-order valence-corrected chi connectivity index (χ3v) is 3.32. The lowest BCUT2D eigenvalue weighted by Gasteiger charge is -2.15. The Bertz CT molecular complexity index is 815. The summed E-state index contributed by atoms with van der Waals surface area (Å²) in [4.78, 5) is 26.3. The van der Waals surface area contributed by atoms with Gasteiger partial charge < -0.3 is 19.7 Å². The molecule has 2 aromatic rings. The highest BCUT2D eigenvalue weighted by Crippen LogP contribution is 2.31. The Balaban J connectivity index is 2.37. The maximum atomic E-state index is 11.0. The summed E-state index contributed by atoms with van der Waals surface area (Å²) in [5, 5.41) is 18.0. The van der Waals surface area contributed by atoms with Crippen molar-refractivity contribution < 1.29 is 29.3 Å². The number of ether oxygens (including phenoxy) is 2. The van der Waals surface area contributed by atoms with Gasteiger partial charge in [0.15, 0.2) is 17.6 Å². The molecule has 1 atom stereocenters. The lowest BCUT2D eigenvalue weighted by atomic mass is 10.2. The van der Waals surface area contributed by atoms with E-state index in [1.807, 2.05) is 0 Å². The minimum Gasteiger partial charge on any atom is -0.493 e. The van der Waals surface area contributed by atoms with E-state index in [0.29, 0.717) is 17.0 Å². The van der Waals surface area contributed by atoms with Gasteiger partial charge in [0, 0.05) is 11.8 Å². The number of carboxylic acid groups (broad SMARTS) is 2. The molecule has 2 N–H and O–H groups in total. The van der Waals surface area contributed by atoms with E-state index < -0.39 is 18.0 Å². The van der Waals surface area contributed by atoms with Crippen LogP contribution in [0.1, 0.15) is 22.8 Å². The highest BCUT2D eigenvalue weighted by molar-refractivity contribution is 5.90. The van der Waals surface area contributed by atoms with Crippen molar-refractivity contribution in [3.63, 3.8) is 0 Å². The summed E-state index contributed by atoms with van der Waals surface area (Å²) in [6.07, 6.45) is 0.395. The van der Waals surface area contributed by atoms with E-state index in [4.69, 9.17) is 19.7 Å². The van der Waals surface area contributed by atoms with Crippen LogP contribution in [-0.4, -0.2) is 41.6 Å². The van der Waals surface area contributed by atoms with Crippen molar-refractivity contribution in [1.82, 2.24) is 0 Å². The van der Waals surface area contributed by atoms with Gasteiger partial charge in [-0.25, -0.2) is 9.59 Å². The summed E-state index contributed by atoms with van der Waals surface area (Å²) in [6, 6.07) is 11.2. The molecule has 130 valence electrons. The molecule has 0 saturated heterocycles. The van der Waals surface area contributed by atoms with Gasteiger partial charge in [0.2, 0.25) is 0 Å². The molecule has 0 aliphatic carbocycles. The Labute approximate surface area is 144 Å². The first-order chi connectivity index (χ1) is 11.9. The first kappa shape index (κ1) is 18.0. The SMILES string of the molecule is COc1cccc(C=Nc2cccc(C(=O)O)c2)c1O[C@@H](C)C(=O)O. The second-order valence-corrected chi connectivity index (χ2v) is 5.09. The number of aliphatic carboxylic acids is 1. The molecule has 0 saturated carbocycles. The van der Waals surface area contributed by atoms with Crippen LogP contribution < -0.4 is 9.47 Å². The molecule has 25 heavy (non-hydrogen) atoms. The van der Waals surface area contributed by atoms with Crippen LogP contribution in [0.25, 0.3) is 0 Å². The van der Waals surface area contributed by atoms with Gasteiger partial charge in [-0.1, -0.05) is 12.1 Å². The van der Waals surface area contributed by atoms with Gasteiger partial charge in [0.05, 0.1) is 18.4 Å². The lowest BCUT2D eigenvalue weighted by molar-refractivity contribution is -0.144. The van der Waals surface area contributed by atoms with Crippen molar-refractivity contribution in [3.8, 4) is 11.5 Å². The number of carboxylic acids is 2. The monoisotopic (exact) mass is 343 g/mol. The van der Waals surface area contributed by atoms with Gasteiger partial charge in [-0.2, -0.15) is 0 Å². The molecule has 0 heterocycles. The number of aliphatic imine (C=N–C) groups is 1. The van der Waals surface area contributed by atoms with E-state index in [2.05, 4.69) is 4.99 Å². The van der Waals surface area contributed by atoms with Crippen LogP contribution in [0.15, 0.2) is 47.5 Å². The number of nitrogens with zero attached hydrogens (tertiary/aromatic N) is 1. The molecule has 7 heteroatoms. The first-order valence-electron chi connectivity index (χ1n) is 7.36. The van der Waals surface area contributed by atoms with Gasteiger partial charge in [-0.3, -0.25) is 4.99 Å². The van der Waals surface area contributed by atoms with E-state index in [1.54, 1.807) is 30.3 Å². The fraction of sp³-hybridized carbons (Fsp3) is 0.167. The third kappa shape index (κ3) is 4.57. The lowest BCUT2D eigenvalue weighted by Crippen LogP contribution is -2.23. The number of hydrogen-bond donors (Lipinski definition) is 2. The number of benzene rings is 2. The maximum Gasteiger partial charge on any atom is 0.344 e. The first-order valence-corrected chi connectivity index (χ1v) is 7.36. The highest BCUT2D eigenvalue weighted by atomic mass is 16.5. The molecule has 2 aromatic carbocycles. The van der Waals surface area contributed by atoms with Crippen LogP contribution in [0.2, 0.25) is 0 Å². The van der Waals surface area contributed by atoms with Crippen LogP contribution in [0.5, 0.6) is 11.5 Å². The van der Waals surface area contributed by atoms with Crippen molar-refractivity contribution in [1.29, 1.82) is 0 Å². The largest absolute Gasteiger partial charge is 0.493 e. The summed E-state index contributed by atoms with van der Waals surface area (Å²) in [7, 11) is 1.45. The van der Waals surface area contributed by atoms with E-state index >= 15 is 0 Å². The van der Waals surface area contributed by atoms with Crippen molar-refractivity contribution in [2.75, 3.05) is 7.11 Å². The fourth-order valence-corrected chi connectivity index (χ4v) is 2.01.